The monoisotopic (exact) mass is 458 g/mol. The molecule has 1 amide bonds. The number of nitrogens with one attached hydrogen (secondary N) is 1. The second-order valence-corrected chi connectivity index (χ2v) is 8.39. The largest absolute Gasteiger partial charge is 0.469 e. The third kappa shape index (κ3) is 6.20. The molecule has 0 aliphatic carbocycles. The van der Waals surface area contributed by atoms with Crippen LogP contribution in [-0.2, 0) is 16.1 Å². The summed E-state index contributed by atoms with van der Waals surface area (Å²) in [7, 11) is 1.35. The van der Waals surface area contributed by atoms with Gasteiger partial charge in [0.05, 0.1) is 19.6 Å². The Morgan fingerprint density at radius 1 is 0.971 bits per heavy atom. The minimum atomic E-state index is -0.453. The molecule has 3 aromatic rings. The Hall–Kier alpha value is -3.71. The maximum atomic E-state index is 13.1. The number of carbonyl (C=O) groups is 2. The first-order valence-corrected chi connectivity index (χ1v) is 11.5. The first-order valence-electron chi connectivity index (χ1n) is 11.5. The minimum absolute atomic E-state index is 0.0771. The summed E-state index contributed by atoms with van der Waals surface area (Å²) in [6, 6.07) is 20.8. The van der Waals surface area contributed by atoms with E-state index >= 15 is 0 Å². The van der Waals surface area contributed by atoms with Crippen molar-refractivity contribution in [3.05, 3.63) is 95.8 Å². The summed E-state index contributed by atoms with van der Waals surface area (Å²) in [4.78, 5) is 33.8. The molecule has 2 heterocycles. The van der Waals surface area contributed by atoms with E-state index in [4.69, 9.17) is 4.74 Å². The third-order valence-electron chi connectivity index (χ3n) is 6.10. The van der Waals surface area contributed by atoms with Crippen LogP contribution in [0.3, 0.4) is 0 Å². The number of aromatic nitrogens is 1. The number of hydrogen-bond donors (Lipinski definition) is 1. The highest BCUT2D eigenvalue weighted by Gasteiger charge is 2.21. The number of benzene rings is 2. The van der Waals surface area contributed by atoms with Crippen molar-refractivity contribution in [2.45, 2.75) is 19.0 Å². The lowest BCUT2D eigenvalue weighted by Crippen LogP contribution is -2.46. The van der Waals surface area contributed by atoms with Gasteiger partial charge in [0.25, 0.3) is 5.91 Å². The van der Waals surface area contributed by atoms with Crippen molar-refractivity contribution in [3.63, 3.8) is 0 Å². The molecule has 1 N–H and O–H groups in total. The van der Waals surface area contributed by atoms with Crippen molar-refractivity contribution in [2.75, 3.05) is 38.2 Å². The number of rotatable bonds is 8. The molecular formula is C27H30N4O3. The van der Waals surface area contributed by atoms with Gasteiger partial charge < -0.3 is 15.0 Å². The lowest BCUT2D eigenvalue weighted by molar-refractivity contribution is -0.141. The summed E-state index contributed by atoms with van der Waals surface area (Å²) >= 11 is 0. The molecule has 1 saturated heterocycles. The summed E-state index contributed by atoms with van der Waals surface area (Å²) in [5, 5.41) is 3.00. The van der Waals surface area contributed by atoms with Crippen LogP contribution in [0.15, 0.2) is 79.1 Å². The van der Waals surface area contributed by atoms with E-state index in [1.165, 1.54) is 12.8 Å². The highest BCUT2D eigenvalue weighted by Crippen LogP contribution is 2.19. The van der Waals surface area contributed by atoms with Crippen LogP contribution in [0, 0.1) is 0 Å². The summed E-state index contributed by atoms with van der Waals surface area (Å²) < 4.78 is 4.83. The van der Waals surface area contributed by atoms with Gasteiger partial charge in [-0.05, 0) is 35.4 Å². The molecule has 0 spiro atoms. The number of esters is 1. The van der Waals surface area contributed by atoms with Crippen LogP contribution < -0.4 is 10.2 Å². The van der Waals surface area contributed by atoms with Crippen molar-refractivity contribution < 1.29 is 14.3 Å². The zero-order chi connectivity index (χ0) is 23.8. The Kier molecular flexibility index (Phi) is 7.88. The average molecular weight is 459 g/mol. The van der Waals surface area contributed by atoms with E-state index in [2.05, 4.69) is 26.2 Å². The SMILES string of the molecule is COC(=O)CC(NC(=O)c1cccc(CN2CCN(c3ccncc3)CC2)c1)c1ccccc1. The van der Waals surface area contributed by atoms with Crippen LogP contribution in [0.25, 0.3) is 0 Å². The highest BCUT2D eigenvalue weighted by atomic mass is 16.5. The summed E-state index contributed by atoms with van der Waals surface area (Å²) in [6.45, 7) is 4.60. The Balaban J connectivity index is 1.37. The number of pyridine rings is 1. The van der Waals surface area contributed by atoms with E-state index in [1.54, 1.807) is 6.07 Å². The predicted molar refractivity (Wildman–Crippen MR) is 131 cm³/mol. The van der Waals surface area contributed by atoms with Crippen LogP contribution in [0.2, 0.25) is 0 Å². The number of carbonyl (C=O) groups excluding carboxylic acids is 2. The Bertz CT molecular complexity index is 1080. The molecule has 1 aliphatic heterocycles. The van der Waals surface area contributed by atoms with Crippen LogP contribution >= 0.6 is 0 Å². The van der Waals surface area contributed by atoms with Crippen molar-refractivity contribution in [3.8, 4) is 0 Å². The van der Waals surface area contributed by atoms with E-state index in [-0.39, 0.29) is 18.3 Å². The van der Waals surface area contributed by atoms with E-state index in [0.29, 0.717) is 5.56 Å². The van der Waals surface area contributed by atoms with Crippen molar-refractivity contribution in [1.29, 1.82) is 0 Å². The topological polar surface area (TPSA) is 74.8 Å². The van der Waals surface area contributed by atoms with E-state index < -0.39 is 6.04 Å². The molecule has 34 heavy (non-hydrogen) atoms. The molecule has 0 bridgehead atoms. The molecule has 7 nitrogen and oxygen atoms in total. The molecule has 1 aromatic heterocycles. The lowest BCUT2D eigenvalue weighted by atomic mass is 10.0. The zero-order valence-corrected chi connectivity index (χ0v) is 19.4. The maximum Gasteiger partial charge on any atom is 0.307 e. The van der Waals surface area contributed by atoms with Crippen molar-refractivity contribution in [2.24, 2.45) is 0 Å². The fraction of sp³-hybridized carbons (Fsp3) is 0.296. The number of piperazine rings is 1. The quantitative estimate of drug-likeness (QED) is 0.522. The van der Waals surface area contributed by atoms with Gasteiger partial charge in [-0.1, -0.05) is 42.5 Å². The molecular weight excluding hydrogens is 428 g/mol. The molecule has 176 valence electrons. The molecule has 1 aliphatic rings. The van der Waals surface area contributed by atoms with E-state index in [1.807, 2.05) is 67.0 Å². The number of methoxy groups -OCH3 is 1. The van der Waals surface area contributed by atoms with Crippen molar-refractivity contribution in [1.82, 2.24) is 15.2 Å². The average Bonchev–Trinajstić information content (AvgIpc) is 2.90. The molecule has 1 fully saturated rings. The van der Waals surface area contributed by atoms with Gasteiger partial charge in [-0.15, -0.1) is 0 Å². The standard InChI is InChI=1S/C27H30N4O3/c1-34-26(32)19-25(22-7-3-2-4-8-22)29-27(33)23-9-5-6-21(18-23)20-30-14-16-31(17-15-30)24-10-12-28-13-11-24/h2-13,18,25H,14-17,19-20H2,1H3,(H,29,33). The van der Waals surface area contributed by atoms with Crippen LogP contribution in [0.5, 0.6) is 0 Å². The van der Waals surface area contributed by atoms with Gasteiger partial charge in [0.15, 0.2) is 0 Å². The molecule has 1 unspecified atom stereocenters. The summed E-state index contributed by atoms with van der Waals surface area (Å²) in [6.07, 6.45) is 3.73. The predicted octanol–water partition coefficient (Wildman–Crippen LogP) is 3.44. The fourth-order valence-corrected chi connectivity index (χ4v) is 4.22. The molecule has 1 atom stereocenters. The summed E-state index contributed by atoms with van der Waals surface area (Å²) in [5.74, 6) is -0.573. The second kappa shape index (κ2) is 11.4. The number of nitrogens with zero attached hydrogens (tertiary/aromatic N) is 3. The Morgan fingerprint density at radius 3 is 2.41 bits per heavy atom. The van der Waals surface area contributed by atoms with Gasteiger partial charge in [0, 0.05) is 56.4 Å². The van der Waals surface area contributed by atoms with Gasteiger partial charge in [-0.3, -0.25) is 19.5 Å². The number of hydrogen-bond acceptors (Lipinski definition) is 6. The zero-order valence-electron chi connectivity index (χ0n) is 19.4. The first kappa shape index (κ1) is 23.4. The molecule has 0 saturated carbocycles. The summed E-state index contributed by atoms with van der Waals surface area (Å²) in [5.41, 5.74) is 3.74. The van der Waals surface area contributed by atoms with Gasteiger partial charge in [-0.2, -0.15) is 0 Å². The molecule has 0 radical (unpaired) electrons. The molecule has 7 heteroatoms. The van der Waals surface area contributed by atoms with Gasteiger partial charge in [0.2, 0.25) is 0 Å². The normalized spacial score (nSPS) is 14.9. The van der Waals surface area contributed by atoms with E-state index in [0.717, 1.165) is 43.9 Å². The minimum Gasteiger partial charge on any atom is -0.469 e. The fourth-order valence-electron chi connectivity index (χ4n) is 4.22. The first-order chi connectivity index (χ1) is 16.6. The highest BCUT2D eigenvalue weighted by molar-refractivity contribution is 5.94. The Labute approximate surface area is 200 Å². The maximum absolute atomic E-state index is 13.1. The van der Waals surface area contributed by atoms with Gasteiger partial charge >= 0.3 is 5.97 Å². The number of amides is 1. The Morgan fingerprint density at radius 2 is 1.71 bits per heavy atom. The second-order valence-electron chi connectivity index (χ2n) is 8.39. The smallest absolute Gasteiger partial charge is 0.307 e. The van der Waals surface area contributed by atoms with Crippen LogP contribution in [0.4, 0.5) is 5.69 Å². The third-order valence-corrected chi connectivity index (χ3v) is 6.10. The van der Waals surface area contributed by atoms with Crippen LogP contribution in [0.1, 0.15) is 33.9 Å². The lowest BCUT2D eigenvalue weighted by Gasteiger charge is -2.36. The number of ether oxygens (including phenoxy) is 1. The van der Waals surface area contributed by atoms with Crippen LogP contribution in [-0.4, -0.2) is 55.0 Å². The van der Waals surface area contributed by atoms with Gasteiger partial charge in [0.1, 0.15) is 0 Å². The molecule has 4 rings (SSSR count). The molecule has 2 aromatic carbocycles. The van der Waals surface area contributed by atoms with E-state index in [9.17, 15) is 9.59 Å². The van der Waals surface area contributed by atoms with Gasteiger partial charge in [-0.25, -0.2) is 0 Å². The number of anilines is 1. The van der Waals surface area contributed by atoms with Crippen molar-refractivity contribution >= 4 is 17.6 Å².